The molecule has 1 aromatic carbocycles. The summed E-state index contributed by atoms with van der Waals surface area (Å²) >= 11 is 6.60. The van der Waals surface area contributed by atoms with Gasteiger partial charge in [0.1, 0.15) is 10.6 Å². The van der Waals surface area contributed by atoms with E-state index in [0.717, 1.165) is 11.5 Å². The first-order chi connectivity index (χ1) is 9.72. The van der Waals surface area contributed by atoms with Gasteiger partial charge in [0.2, 0.25) is 0 Å². The number of sulfonamides is 1. The summed E-state index contributed by atoms with van der Waals surface area (Å²) in [5.41, 5.74) is 0.612. The summed E-state index contributed by atoms with van der Waals surface area (Å²) < 4.78 is 30.9. The molecule has 112 valence electrons. The van der Waals surface area contributed by atoms with E-state index in [-0.39, 0.29) is 26.2 Å². The van der Waals surface area contributed by atoms with Crippen molar-refractivity contribution in [2.75, 3.05) is 4.72 Å². The second kappa shape index (κ2) is 5.63. The molecule has 0 saturated heterocycles. The molecule has 1 heterocycles. The van der Waals surface area contributed by atoms with Crippen LogP contribution in [0.5, 0.6) is 0 Å². The van der Waals surface area contributed by atoms with Crippen molar-refractivity contribution in [2.24, 2.45) is 0 Å². The van der Waals surface area contributed by atoms with E-state index in [4.69, 9.17) is 16.7 Å². The van der Waals surface area contributed by atoms with Crippen molar-refractivity contribution in [3.63, 3.8) is 0 Å². The number of benzene rings is 1. The van der Waals surface area contributed by atoms with E-state index in [1.807, 2.05) is 0 Å². The van der Waals surface area contributed by atoms with Gasteiger partial charge in [0.25, 0.3) is 10.0 Å². The maximum atomic E-state index is 12.4. The average Bonchev–Trinajstić information content (AvgIpc) is 2.72. The van der Waals surface area contributed by atoms with E-state index in [1.165, 1.54) is 13.0 Å². The van der Waals surface area contributed by atoms with Crippen LogP contribution in [0.4, 0.5) is 5.00 Å². The van der Waals surface area contributed by atoms with Crippen molar-refractivity contribution in [3.05, 3.63) is 40.0 Å². The standard InChI is InChI=1S/C12H11ClN2O4S2/c1-6-3-4-8(13)5-9(6)21(18,19)15-11-10(12(16)17)7(2)14-20-11/h3-5,15H,1-2H3,(H,16,17). The van der Waals surface area contributed by atoms with Gasteiger partial charge in [0.05, 0.1) is 10.6 Å². The van der Waals surface area contributed by atoms with Crippen LogP contribution in [-0.2, 0) is 10.0 Å². The zero-order valence-corrected chi connectivity index (χ0v) is 13.4. The molecule has 21 heavy (non-hydrogen) atoms. The summed E-state index contributed by atoms with van der Waals surface area (Å²) in [7, 11) is -3.94. The molecule has 1 aromatic heterocycles. The van der Waals surface area contributed by atoms with E-state index < -0.39 is 16.0 Å². The third-order valence-corrected chi connectivity index (χ3v) is 5.45. The van der Waals surface area contributed by atoms with Gasteiger partial charge in [-0.25, -0.2) is 13.2 Å². The number of aromatic carboxylic acids is 1. The molecule has 0 aliphatic rings. The van der Waals surface area contributed by atoms with Crippen LogP contribution in [0, 0.1) is 13.8 Å². The van der Waals surface area contributed by atoms with Gasteiger partial charge in [-0.1, -0.05) is 17.7 Å². The number of nitrogens with zero attached hydrogens (tertiary/aromatic N) is 1. The normalized spacial score (nSPS) is 11.4. The second-order valence-electron chi connectivity index (χ2n) is 4.29. The van der Waals surface area contributed by atoms with Crippen molar-refractivity contribution >= 4 is 44.1 Å². The SMILES string of the molecule is Cc1ccc(Cl)cc1S(=O)(=O)Nc1snc(C)c1C(=O)O. The average molecular weight is 347 g/mol. The zero-order chi connectivity index (χ0) is 15.8. The van der Waals surface area contributed by atoms with Crippen molar-refractivity contribution in [2.45, 2.75) is 18.7 Å². The van der Waals surface area contributed by atoms with Gasteiger partial charge < -0.3 is 5.11 Å². The number of carboxylic acids is 1. The fraction of sp³-hybridized carbons (Fsp3) is 0.167. The molecule has 0 radical (unpaired) electrons. The Morgan fingerprint density at radius 3 is 2.67 bits per heavy atom. The first-order valence-corrected chi connectivity index (χ1v) is 8.34. The summed E-state index contributed by atoms with van der Waals surface area (Å²) in [5.74, 6) is -1.23. The molecule has 0 amide bonds. The Kier molecular flexibility index (Phi) is 4.22. The number of carbonyl (C=O) groups is 1. The molecule has 0 aliphatic heterocycles. The molecule has 0 bridgehead atoms. The Balaban J connectivity index is 2.48. The molecule has 0 fully saturated rings. The third kappa shape index (κ3) is 3.17. The van der Waals surface area contributed by atoms with Crippen molar-refractivity contribution in [1.29, 1.82) is 0 Å². The lowest BCUT2D eigenvalue weighted by molar-refractivity contribution is 0.0697. The van der Waals surface area contributed by atoms with E-state index in [9.17, 15) is 13.2 Å². The molecule has 0 aliphatic carbocycles. The van der Waals surface area contributed by atoms with E-state index >= 15 is 0 Å². The van der Waals surface area contributed by atoms with Gasteiger partial charge in [-0.3, -0.25) is 4.72 Å². The predicted octanol–water partition coefficient (Wildman–Crippen LogP) is 2.91. The summed E-state index contributed by atoms with van der Waals surface area (Å²) in [6.45, 7) is 3.13. The van der Waals surface area contributed by atoms with Crippen LogP contribution in [-0.4, -0.2) is 23.9 Å². The Hall–Kier alpha value is -1.64. The topological polar surface area (TPSA) is 96.4 Å². The smallest absolute Gasteiger partial charge is 0.340 e. The lowest BCUT2D eigenvalue weighted by Crippen LogP contribution is -2.15. The molecule has 2 rings (SSSR count). The highest BCUT2D eigenvalue weighted by molar-refractivity contribution is 7.93. The van der Waals surface area contributed by atoms with Gasteiger partial charge in [-0.05, 0) is 43.1 Å². The highest BCUT2D eigenvalue weighted by atomic mass is 35.5. The maximum absolute atomic E-state index is 12.4. The van der Waals surface area contributed by atoms with Crippen LogP contribution >= 0.6 is 23.1 Å². The first-order valence-electron chi connectivity index (χ1n) is 5.71. The summed E-state index contributed by atoms with van der Waals surface area (Å²) in [5, 5.41) is 9.36. The Labute approximate surface area is 130 Å². The van der Waals surface area contributed by atoms with E-state index in [1.54, 1.807) is 19.1 Å². The monoisotopic (exact) mass is 346 g/mol. The lowest BCUT2D eigenvalue weighted by Gasteiger charge is -2.09. The molecule has 0 spiro atoms. The number of hydrogen-bond acceptors (Lipinski definition) is 5. The minimum Gasteiger partial charge on any atom is -0.478 e. The van der Waals surface area contributed by atoms with Crippen molar-refractivity contribution in [1.82, 2.24) is 4.37 Å². The highest BCUT2D eigenvalue weighted by Gasteiger charge is 2.24. The molecular formula is C12H11ClN2O4S2. The molecule has 0 unspecified atom stereocenters. The van der Waals surface area contributed by atoms with E-state index in [0.29, 0.717) is 5.56 Å². The Morgan fingerprint density at radius 2 is 2.05 bits per heavy atom. The fourth-order valence-corrected chi connectivity index (χ4v) is 4.32. The molecule has 2 aromatic rings. The molecule has 2 N–H and O–H groups in total. The highest BCUT2D eigenvalue weighted by Crippen LogP contribution is 2.28. The number of carboxylic acid groups (broad SMARTS) is 1. The van der Waals surface area contributed by atoms with Crippen LogP contribution in [0.3, 0.4) is 0 Å². The molecule has 9 heteroatoms. The number of halogens is 1. The molecule has 0 atom stereocenters. The minimum absolute atomic E-state index is 0.00241. The summed E-state index contributed by atoms with van der Waals surface area (Å²) in [6, 6.07) is 4.47. The van der Waals surface area contributed by atoms with E-state index in [2.05, 4.69) is 9.10 Å². The second-order valence-corrected chi connectivity index (χ2v) is 7.15. The van der Waals surface area contributed by atoms with Crippen LogP contribution in [0.15, 0.2) is 23.1 Å². The van der Waals surface area contributed by atoms with Crippen molar-refractivity contribution < 1.29 is 18.3 Å². The molecular weight excluding hydrogens is 336 g/mol. The van der Waals surface area contributed by atoms with Crippen LogP contribution < -0.4 is 4.72 Å². The first kappa shape index (κ1) is 15.7. The number of aromatic nitrogens is 1. The van der Waals surface area contributed by atoms with Gasteiger partial charge in [-0.2, -0.15) is 4.37 Å². The van der Waals surface area contributed by atoms with Gasteiger partial charge in [0, 0.05) is 5.02 Å². The summed E-state index contributed by atoms with van der Waals surface area (Å²) in [4.78, 5) is 11.2. The number of aryl methyl sites for hydroxylation is 2. The third-order valence-electron chi connectivity index (χ3n) is 2.74. The van der Waals surface area contributed by atoms with Crippen LogP contribution in [0.25, 0.3) is 0 Å². The Bertz CT molecular complexity index is 815. The Morgan fingerprint density at radius 1 is 1.38 bits per heavy atom. The van der Waals surface area contributed by atoms with Crippen LogP contribution in [0.2, 0.25) is 5.02 Å². The largest absolute Gasteiger partial charge is 0.478 e. The number of hydrogen-bond donors (Lipinski definition) is 2. The van der Waals surface area contributed by atoms with Crippen molar-refractivity contribution in [3.8, 4) is 0 Å². The maximum Gasteiger partial charge on any atom is 0.340 e. The quantitative estimate of drug-likeness (QED) is 0.887. The fourth-order valence-electron chi connectivity index (χ4n) is 1.73. The number of anilines is 1. The number of nitrogens with one attached hydrogen (secondary N) is 1. The molecule has 6 nitrogen and oxygen atoms in total. The number of rotatable bonds is 4. The summed E-state index contributed by atoms with van der Waals surface area (Å²) in [6.07, 6.45) is 0. The molecule has 0 saturated carbocycles. The van der Waals surface area contributed by atoms with Gasteiger partial charge >= 0.3 is 5.97 Å². The predicted molar refractivity (Wildman–Crippen MR) is 80.8 cm³/mol. The van der Waals surface area contributed by atoms with Crippen LogP contribution in [0.1, 0.15) is 21.6 Å². The lowest BCUT2D eigenvalue weighted by atomic mass is 10.2. The zero-order valence-electron chi connectivity index (χ0n) is 11.0. The minimum atomic E-state index is -3.94. The van der Waals surface area contributed by atoms with Gasteiger partial charge in [0.15, 0.2) is 0 Å². The van der Waals surface area contributed by atoms with Gasteiger partial charge in [-0.15, -0.1) is 0 Å².